The zero-order valence-electron chi connectivity index (χ0n) is 12.2. The van der Waals surface area contributed by atoms with Crippen molar-refractivity contribution in [1.29, 1.82) is 0 Å². The SMILES string of the molecule is CC[C@]1(C)Cc2c(sc3nc(SCC(=O)[O-])[nH]c(=O)c23)CO1. The van der Waals surface area contributed by atoms with Crippen molar-refractivity contribution in [2.45, 2.75) is 44.1 Å². The number of aromatic nitrogens is 2. The van der Waals surface area contributed by atoms with E-state index in [4.69, 9.17) is 4.74 Å². The smallest absolute Gasteiger partial charge is 0.260 e. The quantitative estimate of drug-likeness (QED) is 0.661. The monoisotopic (exact) mass is 339 g/mol. The van der Waals surface area contributed by atoms with Gasteiger partial charge in [-0.1, -0.05) is 18.7 Å². The fourth-order valence-corrected chi connectivity index (χ4v) is 4.22. The van der Waals surface area contributed by atoms with Crippen molar-refractivity contribution in [3.8, 4) is 0 Å². The van der Waals surface area contributed by atoms with Crippen LogP contribution < -0.4 is 10.7 Å². The van der Waals surface area contributed by atoms with Crippen LogP contribution in [0.1, 0.15) is 30.7 Å². The van der Waals surface area contributed by atoms with Gasteiger partial charge in [-0.05, 0) is 18.9 Å². The number of fused-ring (bicyclic) bond motifs is 3. The number of carbonyl (C=O) groups excluding carboxylic acids is 1. The standard InChI is InChI=1S/C14H16N2O4S2/c1-3-14(2)4-7-8(5-20-14)22-12-10(7)11(19)15-13(16-12)21-6-9(17)18/h3-6H2,1-2H3,(H,17,18)(H,15,16,19)/p-1/t14-/m1/s1. The molecule has 1 atom stereocenters. The summed E-state index contributed by atoms with van der Waals surface area (Å²) in [5, 5.41) is 11.4. The number of carboxylic acid groups (broad SMARTS) is 1. The lowest BCUT2D eigenvalue weighted by Crippen LogP contribution is -2.34. The van der Waals surface area contributed by atoms with Gasteiger partial charge in [0.15, 0.2) is 5.16 Å². The summed E-state index contributed by atoms with van der Waals surface area (Å²) < 4.78 is 5.90. The highest BCUT2D eigenvalue weighted by Crippen LogP contribution is 2.38. The van der Waals surface area contributed by atoms with E-state index in [9.17, 15) is 14.7 Å². The summed E-state index contributed by atoms with van der Waals surface area (Å²) in [4.78, 5) is 31.6. The minimum Gasteiger partial charge on any atom is -0.549 e. The third-order valence-corrected chi connectivity index (χ3v) is 5.85. The van der Waals surface area contributed by atoms with Gasteiger partial charge in [0.1, 0.15) is 4.83 Å². The molecule has 8 heteroatoms. The lowest BCUT2D eigenvalue weighted by molar-refractivity contribution is -0.301. The zero-order valence-corrected chi connectivity index (χ0v) is 13.9. The van der Waals surface area contributed by atoms with Gasteiger partial charge >= 0.3 is 0 Å². The maximum atomic E-state index is 12.4. The molecule has 2 aromatic rings. The number of ether oxygens (including phenoxy) is 1. The summed E-state index contributed by atoms with van der Waals surface area (Å²) in [7, 11) is 0. The molecule has 3 heterocycles. The third-order valence-electron chi connectivity index (χ3n) is 3.90. The number of aliphatic carboxylic acids is 1. The molecular formula is C14H15N2O4S2-. The molecule has 0 aliphatic carbocycles. The number of aromatic amines is 1. The van der Waals surface area contributed by atoms with Crippen LogP contribution in [-0.4, -0.2) is 27.3 Å². The molecule has 0 fully saturated rings. The topological polar surface area (TPSA) is 95.1 Å². The van der Waals surface area contributed by atoms with E-state index in [1.54, 1.807) is 0 Å². The molecule has 0 amide bonds. The highest BCUT2D eigenvalue weighted by Gasteiger charge is 2.32. The van der Waals surface area contributed by atoms with E-state index < -0.39 is 5.97 Å². The van der Waals surface area contributed by atoms with Crippen LogP contribution in [-0.2, 0) is 22.6 Å². The first-order valence-corrected chi connectivity index (χ1v) is 8.73. The van der Waals surface area contributed by atoms with E-state index in [1.165, 1.54) is 11.3 Å². The Morgan fingerprint density at radius 1 is 1.59 bits per heavy atom. The van der Waals surface area contributed by atoms with E-state index >= 15 is 0 Å². The van der Waals surface area contributed by atoms with Crippen LogP contribution in [0.5, 0.6) is 0 Å². The highest BCUT2D eigenvalue weighted by molar-refractivity contribution is 7.99. The van der Waals surface area contributed by atoms with Crippen molar-refractivity contribution >= 4 is 39.3 Å². The Kier molecular flexibility index (Phi) is 4.00. The van der Waals surface area contributed by atoms with Gasteiger partial charge in [-0.25, -0.2) is 4.98 Å². The number of rotatable bonds is 4. The maximum absolute atomic E-state index is 12.4. The Morgan fingerprint density at radius 3 is 3.05 bits per heavy atom. The van der Waals surface area contributed by atoms with E-state index in [1.807, 2.05) is 6.92 Å². The van der Waals surface area contributed by atoms with Gasteiger partial charge in [0.25, 0.3) is 5.56 Å². The second-order valence-corrected chi connectivity index (χ2v) is 7.53. The van der Waals surface area contributed by atoms with Gasteiger partial charge in [0.05, 0.1) is 23.6 Å². The summed E-state index contributed by atoms with van der Waals surface area (Å²) in [6, 6.07) is 0. The molecular weight excluding hydrogens is 324 g/mol. The molecule has 0 spiro atoms. The van der Waals surface area contributed by atoms with Crippen molar-refractivity contribution in [2.24, 2.45) is 0 Å². The average molecular weight is 339 g/mol. The number of H-pyrrole nitrogens is 1. The normalized spacial score (nSPS) is 21.0. The van der Waals surface area contributed by atoms with Gasteiger partial charge in [-0.3, -0.25) is 4.79 Å². The van der Waals surface area contributed by atoms with Crippen LogP contribution in [0.25, 0.3) is 10.2 Å². The number of hydrogen-bond donors (Lipinski definition) is 1. The van der Waals surface area contributed by atoms with Gasteiger partial charge in [0.2, 0.25) is 0 Å². The molecule has 118 valence electrons. The van der Waals surface area contributed by atoms with Gasteiger partial charge in [-0.15, -0.1) is 11.3 Å². The van der Waals surface area contributed by atoms with E-state index in [-0.39, 0.29) is 16.9 Å². The molecule has 0 saturated heterocycles. The van der Waals surface area contributed by atoms with Crippen LogP contribution >= 0.6 is 23.1 Å². The number of thioether (sulfide) groups is 1. The van der Waals surface area contributed by atoms with Crippen molar-refractivity contribution in [2.75, 3.05) is 5.75 Å². The Hall–Kier alpha value is -1.38. The molecule has 0 unspecified atom stereocenters. The Balaban J connectivity index is 2.04. The van der Waals surface area contributed by atoms with Gasteiger partial charge in [0, 0.05) is 17.1 Å². The number of thiophene rings is 1. The second kappa shape index (κ2) is 5.68. The van der Waals surface area contributed by atoms with Crippen LogP contribution in [0.2, 0.25) is 0 Å². The lowest BCUT2D eigenvalue weighted by atomic mass is 9.90. The lowest BCUT2D eigenvalue weighted by Gasteiger charge is -2.32. The van der Waals surface area contributed by atoms with Gasteiger partial charge in [-0.2, -0.15) is 0 Å². The first kappa shape index (κ1) is 15.5. The largest absolute Gasteiger partial charge is 0.549 e. The number of hydrogen-bond acceptors (Lipinski definition) is 7. The minimum absolute atomic E-state index is 0.219. The Morgan fingerprint density at radius 2 is 2.36 bits per heavy atom. The molecule has 0 saturated carbocycles. The zero-order chi connectivity index (χ0) is 15.9. The molecule has 6 nitrogen and oxygen atoms in total. The summed E-state index contributed by atoms with van der Waals surface area (Å²) >= 11 is 2.40. The van der Waals surface area contributed by atoms with E-state index in [2.05, 4.69) is 16.9 Å². The fourth-order valence-electron chi connectivity index (χ4n) is 2.48. The van der Waals surface area contributed by atoms with Crippen molar-refractivity contribution < 1.29 is 14.6 Å². The number of nitrogens with zero attached hydrogens (tertiary/aromatic N) is 1. The maximum Gasteiger partial charge on any atom is 0.260 e. The molecule has 1 aliphatic rings. The predicted molar refractivity (Wildman–Crippen MR) is 83.2 cm³/mol. The molecule has 22 heavy (non-hydrogen) atoms. The van der Waals surface area contributed by atoms with Gasteiger partial charge < -0.3 is 19.6 Å². The molecule has 2 aromatic heterocycles. The number of nitrogens with one attached hydrogen (secondary N) is 1. The predicted octanol–water partition coefficient (Wildman–Crippen LogP) is 1.07. The minimum atomic E-state index is -1.19. The average Bonchev–Trinajstić information content (AvgIpc) is 2.83. The van der Waals surface area contributed by atoms with Crippen LogP contribution in [0.15, 0.2) is 9.95 Å². The number of carboxylic acids is 1. The first-order valence-electron chi connectivity index (χ1n) is 6.93. The van der Waals surface area contributed by atoms with E-state index in [0.29, 0.717) is 28.4 Å². The molecule has 3 rings (SSSR count). The molecule has 1 aliphatic heterocycles. The molecule has 0 bridgehead atoms. The fraction of sp³-hybridized carbons (Fsp3) is 0.500. The van der Waals surface area contributed by atoms with Crippen molar-refractivity contribution in [3.63, 3.8) is 0 Å². The summed E-state index contributed by atoms with van der Waals surface area (Å²) in [5.74, 6) is -1.43. The second-order valence-electron chi connectivity index (χ2n) is 5.48. The van der Waals surface area contributed by atoms with Crippen molar-refractivity contribution in [1.82, 2.24) is 9.97 Å². The summed E-state index contributed by atoms with van der Waals surface area (Å²) in [6.45, 7) is 4.60. The summed E-state index contributed by atoms with van der Waals surface area (Å²) in [5.41, 5.74) is 0.542. The number of carbonyl (C=O) groups is 1. The molecule has 0 radical (unpaired) electrons. The Bertz CT molecular complexity index is 798. The van der Waals surface area contributed by atoms with Crippen LogP contribution in [0.4, 0.5) is 0 Å². The highest BCUT2D eigenvalue weighted by atomic mass is 32.2. The van der Waals surface area contributed by atoms with Crippen LogP contribution in [0.3, 0.4) is 0 Å². The first-order chi connectivity index (χ1) is 10.4. The van der Waals surface area contributed by atoms with E-state index in [0.717, 1.165) is 28.6 Å². The summed E-state index contributed by atoms with van der Waals surface area (Å²) in [6.07, 6.45) is 1.56. The third kappa shape index (κ3) is 2.78. The van der Waals surface area contributed by atoms with Crippen LogP contribution in [0, 0.1) is 0 Å². The van der Waals surface area contributed by atoms with Crippen molar-refractivity contribution in [3.05, 3.63) is 20.8 Å². The molecule has 1 N–H and O–H groups in total. The molecule has 0 aromatic carbocycles. The Labute approximate surface area is 134 Å².